The van der Waals surface area contributed by atoms with Crippen LogP contribution in [0.15, 0.2) is 0 Å². The summed E-state index contributed by atoms with van der Waals surface area (Å²) in [7, 11) is 0. The highest BCUT2D eigenvalue weighted by Gasteiger charge is 2.33. The van der Waals surface area contributed by atoms with Gasteiger partial charge in [-0.15, -0.1) is 0 Å². The van der Waals surface area contributed by atoms with Gasteiger partial charge in [0, 0.05) is 25.7 Å². The van der Waals surface area contributed by atoms with Gasteiger partial charge in [0.15, 0.2) is 0 Å². The lowest BCUT2D eigenvalue weighted by atomic mass is 10.1. The molecule has 18 heavy (non-hydrogen) atoms. The van der Waals surface area contributed by atoms with Gasteiger partial charge in [-0.05, 0) is 19.3 Å². The van der Waals surface area contributed by atoms with Crippen LogP contribution < -0.4 is 5.32 Å². The number of rotatable bonds is 6. The third-order valence-electron chi connectivity index (χ3n) is 3.69. The van der Waals surface area contributed by atoms with Gasteiger partial charge >= 0.3 is 5.97 Å². The molecule has 0 aromatic rings. The van der Waals surface area contributed by atoms with Gasteiger partial charge in [0.2, 0.25) is 0 Å². The van der Waals surface area contributed by atoms with E-state index in [9.17, 15) is 4.79 Å². The summed E-state index contributed by atoms with van der Waals surface area (Å²) < 4.78 is 5.77. The van der Waals surface area contributed by atoms with E-state index in [4.69, 9.17) is 9.84 Å². The molecular weight excluding hydrogens is 232 g/mol. The Morgan fingerprint density at radius 2 is 2.00 bits per heavy atom. The third-order valence-corrected chi connectivity index (χ3v) is 3.69. The minimum Gasteiger partial charge on any atom is -0.480 e. The van der Waals surface area contributed by atoms with Gasteiger partial charge in [-0.25, -0.2) is 0 Å². The van der Waals surface area contributed by atoms with E-state index in [-0.39, 0.29) is 6.04 Å². The van der Waals surface area contributed by atoms with Crippen LogP contribution in [0.5, 0.6) is 0 Å². The van der Waals surface area contributed by atoms with E-state index in [1.165, 1.54) is 0 Å². The molecule has 0 amide bonds. The van der Waals surface area contributed by atoms with Gasteiger partial charge in [0.05, 0.1) is 12.2 Å². The fourth-order valence-corrected chi connectivity index (χ4v) is 2.87. The Balaban J connectivity index is 1.77. The molecule has 2 bridgehead atoms. The van der Waals surface area contributed by atoms with Crippen molar-refractivity contribution >= 4 is 5.97 Å². The summed E-state index contributed by atoms with van der Waals surface area (Å²) in [5.41, 5.74) is 0. The van der Waals surface area contributed by atoms with E-state index < -0.39 is 12.0 Å². The summed E-state index contributed by atoms with van der Waals surface area (Å²) in [6, 6.07) is -0.238. The Morgan fingerprint density at radius 1 is 1.39 bits per heavy atom. The normalized spacial score (nSPS) is 29.7. The SMILES string of the molecule is CC(C)NC(CCN1CC2CCC(C1)O2)C(=O)O. The number of hydrogen-bond donors (Lipinski definition) is 2. The Kier molecular flexibility index (Phi) is 4.59. The molecule has 2 heterocycles. The van der Waals surface area contributed by atoms with Crippen LogP contribution in [0.4, 0.5) is 0 Å². The van der Waals surface area contributed by atoms with Crippen LogP contribution in [0.25, 0.3) is 0 Å². The maximum Gasteiger partial charge on any atom is 0.320 e. The molecule has 5 heteroatoms. The lowest BCUT2D eigenvalue weighted by Crippen LogP contribution is -2.47. The van der Waals surface area contributed by atoms with Crippen LogP contribution in [-0.2, 0) is 9.53 Å². The number of nitrogens with zero attached hydrogens (tertiary/aromatic N) is 1. The fourth-order valence-electron chi connectivity index (χ4n) is 2.87. The lowest BCUT2D eigenvalue weighted by Gasteiger charge is -2.32. The summed E-state index contributed by atoms with van der Waals surface area (Å²) >= 11 is 0. The van der Waals surface area contributed by atoms with Crippen LogP contribution in [0.1, 0.15) is 33.1 Å². The van der Waals surface area contributed by atoms with Crippen LogP contribution in [0.2, 0.25) is 0 Å². The smallest absolute Gasteiger partial charge is 0.320 e. The van der Waals surface area contributed by atoms with Crippen molar-refractivity contribution in [3.05, 3.63) is 0 Å². The molecule has 0 aliphatic carbocycles. The Morgan fingerprint density at radius 3 is 2.50 bits per heavy atom. The average molecular weight is 256 g/mol. The topological polar surface area (TPSA) is 61.8 Å². The molecule has 2 rings (SSSR count). The molecule has 0 aromatic heterocycles. The quantitative estimate of drug-likeness (QED) is 0.732. The largest absolute Gasteiger partial charge is 0.480 e. The molecule has 0 saturated carbocycles. The van der Waals surface area contributed by atoms with Crippen molar-refractivity contribution in [2.45, 2.75) is 57.4 Å². The Labute approximate surface area is 108 Å². The predicted molar refractivity (Wildman–Crippen MR) is 68.6 cm³/mol. The molecule has 2 N–H and O–H groups in total. The molecular formula is C13H24N2O3. The zero-order chi connectivity index (χ0) is 13.1. The molecule has 2 fully saturated rings. The van der Waals surface area contributed by atoms with E-state index in [1.54, 1.807) is 0 Å². The van der Waals surface area contributed by atoms with Crippen LogP contribution in [-0.4, -0.2) is 59.9 Å². The van der Waals surface area contributed by atoms with Crippen LogP contribution in [0, 0.1) is 0 Å². The van der Waals surface area contributed by atoms with Crippen molar-refractivity contribution in [2.75, 3.05) is 19.6 Å². The first-order valence-corrected chi connectivity index (χ1v) is 6.91. The molecule has 0 aromatic carbocycles. The second-order valence-corrected chi connectivity index (χ2v) is 5.72. The highest BCUT2D eigenvalue weighted by atomic mass is 16.5. The summed E-state index contributed by atoms with van der Waals surface area (Å²) in [6.45, 7) is 6.72. The minimum atomic E-state index is -0.750. The number of carboxylic acid groups (broad SMARTS) is 1. The second-order valence-electron chi connectivity index (χ2n) is 5.72. The van der Waals surface area contributed by atoms with Gasteiger partial charge in [0.1, 0.15) is 6.04 Å². The van der Waals surface area contributed by atoms with Crippen molar-refractivity contribution in [3.63, 3.8) is 0 Å². The van der Waals surface area contributed by atoms with Crippen molar-refractivity contribution in [1.29, 1.82) is 0 Å². The average Bonchev–Trinajstić information content (AvgIpc) is 2.63. The number of ether oxygens (including phenoxy) is 1. The number of hydrogen-bond acceptors (Lipinski definition) is 4. The zero-order valence-electron chi connectivity index (χ0n) is 11.3. The van der Waals surface area contributed by atoms with Crippen LogP contribution >= 0.6 is 0 Å². The molecule has 0 spiro atoms. The first kappa shape index (κ1) is 13.8. The first-order chi connectivity index (χ1) is 8.54. The second kappa shape index (κ2) is 5.99. The molecule has 104 valence electrons. The Bertz CT molecular complexity index is 284. The highest BCUT2D eigenvalue weighted by molar-refractivity contribution is 5.73. The number of nitrogens with one attached hydrogen (secondary N) is 1. The minimum absolute atomic E-state index is 0.201. The van der Waals surface area contributed by atoms with E-state index in [1.807, 2.05) is 13.8 Å². The van der Waals surface area contributed by atoms with Gasteiger partial charge in [-0.2, -0.15) is 0 Å². The van der Waals surface area contributed by atoms with Gasteiger partial charge in [0.25, 0.3) is 0 Å². The molecule has 2 aliphatic rings. The molecule has 2 aliphatic heterocycles. The fraction of sp³-hybridized carbons (Fsp3) is 0.923. The summed E-state index contributed by atoms with van der Waals surface area (Å²) in [5.74, 6) is -0.750. The number of carbonyl (C=O) groups is 1. The number of carboxylic acids is 1. The molecule has 2 saturated heterocycles. The summed E-state index contributed by atoms with van der Waals surface area (Å²) in [5, 5.41) is 12.3. The maximum absolute atomic E-state index is 11.1. The van der Waals surface area contributed by atoms with Crippen molar-refractivity contribution < 1.29 is 14.6 Å². The molecule has 3 atom stereocenters. The predicted octanol–water partition coefficient (Wildman–Crippen LogP) is 0.691. The van der Waals surface area contributed by atoms with E-state index in [2.05, 4.69) is 10.2 Å². The highest BCUT2D eigenvalue weighted by Crippen LogP contribution is 2.26. The third kappa shape index (κ3) is 3.67. The standard InChI is InChI=1S/C13H24N2O3/c1-9(2)14-12(13(16)17)5-6-15-7-10-3-4-11(8-15)18-10/h9-12,14H,3-8H2,1-2H3,(H,16,17). The van der Waals surface area contributed by atoms with Gasteiger partial charge < -0.3 is 15.2 Å². The first-order valence-electron chi connectivity index (χ1n) is 6.91. The van der Waals surface area contributed by atoms with Crippen molar-refractivity contribution in [1.82, 2.24) is 10.2 Å². The zero-order valence-corrected chi connectivity index (χ0v) is 11.3. The van der Waals surface area contributed by atoms with E-state index >= 15 is 0 Å². The van der Waals surface area contributed by atoms with E-state index in [0.29, 0.717) is 18.6 Å². The monoisotopic (exact) mass is 256 g/mol. The lowest BCUT2D eigenvalue weighted by molar-refractivity contribution is -0.140. The number of fused-ring (bicyclic) bond motifs is 2. The Hall–Kier alpha value is -0.650. The number of likely N-dealkylation sites (tertiary alicyclic amines) is 1. The van der Waals surface area contributed by atoms with Crippen molar-refractivity contribution in [3.8, 4) is 0 Å². The summed E-state index contributed by atoms with van der Waals surface area (Å²) in [4.78, 5) is 13.5. The van der Waals surface area contributed by atoms with E-state index in [0.717, 1.165) is 32.5 Å². The van der Waals surface area contributed by atoms with Crippen molar-refractivity contribution in [2.24, 2.45) is 0 Å². The number of morpholine rings is 1. The maximum atomic E-state index is 11.1. The van der Waals surface area contributed by atoms with Gasteiger partial charge in [-0.3, -0.25) is 9.69 Å². The van der Waals surface area contributed by atoms with Gasteiger partial charge in [-0.1, -0.05) is 13.8 Å². The molecule has 0 radical (unpaired) electrons. The molecule has 5 nitrogen and oxygen atoms in total. The molecule has 3 unspecified atom stereocenters. The summed E-state index contributed by atoms with van der Waals surface area (Å²) in [6.07, 6.45) is 3.74. The van der Waals surface area contributed by atoms with Crippen LogP contribution in [0.3, 0.4) is 0 Å². The number of aliphatic carboxylic acids is 1.